The van der Waals surface area contributed by atoms with E-state index in [0.29, 0.717) is 0 Å². The number of amidine groups is 1. The summed E-state index contributed by atoms with van der Waals surface area (Å²) in [4.78, 5) is 5.49. The lowest BCUT2D eigenvalue weighted by Gasteiger charge is -2.33. The number of aliphatic imine (C=N–C) groups is 1. The Morgan fingerprint density at radius 3 is 1.55 bits per heavy atom. The minimum absolute atomic E-state index is 0.178. The number of hydrogen-bond donors (Lipinski definition) is 2. The van der Waals surface area contributed by atoms with Gasteiger partial charge in [0.1, 0.15) is 12.0 Å². The quantitative estimate of drug-likeness (QED) is 0.169. The van der Waals surface area contributed by atoms with Crippen LogP contribution >= 0.6 is 0 Å². The summed E-state index contributed by atoms with van der Waals surface area (Å²) in [6.45, 7) is 0. The van der Waals surface area contributed by atoms with Gasteiger partial charge in [-0.15, -0.1) is 0 Å². The predicted octanol–water partition coefficient (Wildman–Crippen LogP) is 13.7. The molecule has 12 rings (SSSR count). The van der Waals surface area contributed by atoms with E-state index in [-0.39, 0.29) is 12.5 Å². The van der Waals surface area contributed by atoms with Crippen molar-refractivity contribution in [1.82, 2.24) is 19.8 Å². The molecule has 2 aromatic heterocycles. The highest BCUT2D eigenvalue weighted by atomic mass is 15.4. The zero-order valence-electron chi connectivity index (χ0n) is 33.9. The number of nitrogens with zero attached hydrogens (tertiary/aromatic N) is 3. The fraction of sp³-hybridized carbons (Fsp3) is 0.0351. The molecule has 2 atom stereocenters. The van der Waals surface area contributed by atoms with Crippen LogP contribution in [0.25, 0.3) is 82.7 Å². The van der Waals surface area contributed by atoms with Crippen molar-refractivity contribution < 1.29 is 0 Å². The van der Waals surface area contributed by atoms with Gasteiger partial charge in [-0.05, 0) is 93.5 Å². The molecular formula is C57H41N5. The lowest BCUT2D eigenvalue weighted by molar-refractivity contribution is 0.341. The molecule has 3 heterocycles. The Morgan fingerprint density at radius 1 is 0.355 bits per heavy atom. The lowest BCUT2D eigenvalue weighted by Crippen LogP contribution is -2.46. The molecule has 5 heteroatoms. The van der Waals surface area contributed by atoms with Crippen molar-refractivity contribution in [2.45, 2.75) is 12.5 Å². The van der Waals surface area contributed by atoms with Crippen molar-refractivity contribution in [2.75, 3.05) is 0 Å². The van der Waals surface area contributed by atoms with Crippen LogP contribution in [0.1, 0.15) is 23.6 Å². The van der Waals surface area contributed by atoms with Crippen molar-refractivity contribution in [1.29, 1.82) is 0 Å². The Hall–Kier alpha value is -7.99. The van der Waals surface area contributed by atoms with Crippen molar-refractivity contribution in [3.8, 4) is 39.1 Å². The van der Waals surface area contributed by atoms with Crippen LogP contribution in [0.3, 0.4) is 0 Å². The van der Waals surface area contributed by atoms with Crippen LogP contribution < -0.4 is 10.6 Å². The molecule has 5 nitrogen and oxygen atoms in total. The van der Waals surface area contributed by atoms with E-state index in [4.69, 9.17) is 4.99 Å². The number of nitrogens with one attached hydrogen (secondary N) is 2. The summed E-state index contributed by atoms with van der Waals surface area (Å²) < 4.78 is 4.74. The summed E-state index contributed by atoms with van der Waals surface area (Å²) in [5.41, 5.74) is 15.1. The third-order valence-electron chi connectivity index (χ3n) is 12.4. The minimum Gasteiger partial charge on any atom is -0.350 e. The van der Waals surface area contributed by atoms with Crippen LogP contribution in [0.5, 0.6) is 0 Å². The molecule has 2 N–H and O–H groups in total. The molecule has 0 aliphatic carbocycles. The van der Waals surface area contributed by atoms with Gasteiger partial charge in [-0.2, -0.15) is 0 Å². The summed E-state index contributed by atoms with van der Waals surface area (Å²) in [6.07, 6.45) is -0.568. The maximum absolute atomic E-state index is 5.49. The van der Waals surface area contributed by atoms with E-state index in [0.717, 1.165) is 44.8 Å². The summed E-state index contributed by atoms with van der Waals surface area (Å²) >= 11 is 0. The molecule has 2 unspecified atom stereocenters. The van der Waals surface area contributed by atoms with E-state index in [1.54, 1.807) is 0 Å². The van der Waals surface area contributed by atoms with Gasteiger partial charge in [0.15, 0.2) is 6.29 Å². The normalized spacial score (nSPS) is 15.3. The number of fused-ring (bicyclic) bond motifs is 6. The molecule has 294 valence electrons. The van der Waals surface area contributed by atoms with Gasteiger partial charge in [0.05, 0.1) is 22.1 Å². The molecule has 0 saturated carbocycles. The summed E-state index contributed by atoms with van der Waals surface area (Å²) in [5.74, 6) is 0.843. The molecule has 0 fully saturated rings. The Bertz CT molecular complexity index is 3460. The number of hydrogen-bond acceptors (Lipinski definition) is 3. The van der Waals surface area contributed by atoms with Crippen molar-refractivity contribution in [3.63, 3.8) is 0 Å². The molecule has 11 aromatic rings. The van der Waals surface area contributed by atoms with Crippen molar-refractivity contribution in [2.24, 2.45) is 4.99 Å². The van der Waals surface area contributed by atoms with Gasteiger partial charge in [-0.25, -0.2) is 4.99 Å². The molecule has 62 heavy (non-hydrogen) atoms. The number of para-hydroxylation sites is 3. The molecular weight excluding hydrogens is 755 g/mol. The molecule has 0 radical (unpaired) electrons. The van der Waals surface area contributed by atoms with Crippen molar-refractivity contribution >= 4 is 49.4 Å². The molecule has 0 bridgehead atoms. The molecule has 9 aromatic carbocycles. The third kappa shape index (κ3) is 6.18. The second-order valence-electron chi connectivity index (χ2n) is 16.1. The molecule has 0 spiro atoms. The molecule has 1 aliphatic rings. The summed E-state index contributed by atoms with van der Waals surface area (Å²) in [7, 11) is 0. The van der Waals surface area contributed by atoms with Gasteiger partial charge in [-0.1, -0.05) is 170 Å². The predicted molar refractivity (Wildman–Crippen MR) is 258 cm³/mol. The van der Waals surface area contributed by atoms with Gasteiger partial charge in [0.2, 0.25) is 0 Å². The molecule has 0 amide bonds. The maximum Gasteiger partial charge on any atom is 0.184 e. The van der Waals surface area contributed by atoms with E-state index in [1.807, 2.05) is 0 Å². The van der Waals surface area contributed by atoms with E-state index < -0.39 is 0 Å². The number of rotatable bonds is 7. The second kappa shape index (κ2) is 14.9. The molecule has 0 saturated heterocycles. The Morgan fingerprint density at radius 2 is 0.823 bits per heavy atom. The highest BCUT2D eigenvalue weighted by Crippen LogP contribution is 2.39. The Balaban J connectivity index is 0.960. The van der Waals surface area contributed by atoms with Crippen LogP contribution in [0, 0.1) is 0 Å². The second-order valence-corrected chi connectivity index (χ2v) is 16.1. The zero-order chi connectivity index (χ0) is 41.0. The monoisotopic (exact) mass is 795 g/mol. The average Bonchev–Trinajstić information content (AvgIpc) is 3.87. The SMILES string of the molecule is c1ccc(-c2ccc(-c3cccc(C4=NC(n5c6ccccc6c6cc(-c7ccc8c(c7)c7ccccc7n8-c7ccccc7)ccc65)NC(c5ccccc5)N4)c3)cc2)cc1. The summed E-state index contributed by atoms with van der Waals surface area (Å²) in [6, 6.07) is 80.5. The Labute approximate surface area is 359 Å². The minimum atomic E-state index is -0.390. The van der Waals surface area contributed by atoms with Gasteiger partial charge in [-0.3, -0.25) is 5.32 Å². The first kappa shape index (κ1) is 35.9. The number of benzene rings is 9. The van der Waals surface area contributed by atoms with Gasteiger partial charge < -0.3 is 14.5 Å². The lowest BCUT2D eigenvalue weighted by atomic mass is 9.99. The van der Waals surface area contributed by atoms with E-state index in [9.17, 15) is 0 Å². The van der Waals surface area contributed by atoms with Gasteiger partial charge >= 0.3 is 0 Å². The molecule has 1 aliphatic heterocycles. The topological polar surface area (TPSA) is 46.3 Å². The fourth-order valence-corrected chi connectivity index (χ4v) is 9.43. The van der Waals surface area contributed by atoms with Crippen LogP contribution in [0.4, 0.5) is 0 Å². The summed E-state index contributed by atoms with van der Waals surface area (Å²) in [5, 5.41) is 12.5. The Kier molecular flexibility index (Phi) is 8.65. The first-order valence-electron chi connectivity index (χ1n) is 21.3. The van der Waals surface area contributed by atoms with Gasteiger partial charge in [0, 0.05) is 32.8 Å². The first-order chi connectivity index (χ1) is 30.7. The largest absolute Gasteiger partial charge is 0.350 e. The van der Waals surface area contributed by atoms with E-state index in [1.165, 1.54) is 54.8 Å². The highest BCUT2D eigenvalue weighted by Gasteiger charge is 2.28. The van der Waals surface area contributed by atoms with Crippen LogP contribution in [0.15, 0.2) is 229 Å². The average molecular weight is 796 g/mol. The highest BCUT2D eigenvalue weighted by molar-refractivity contribution is 6.12. The van der Waals surface area contributed by atoms with Gasteiger partial charge in [0.25, 0.3) is 0 Å². The van der Waals surface area contributed by atoms with Crippen LogP contribution in [0.2, 0.25) is 0 Å². The number of aromatic nitrogens is 2. The zero-order valence-corrected chi connectivity index (χ0v) is 33.9. The standard InChI is InChI=1S/C57H41N5/c1-4-15-38(16-5-1)39-27-29-40(30-28-39)42-19-14-20-45(35-42)56-58-55(41-17-6-2-7-18-41)59-57(60-56)62-52-26-13-11-24-48(52)50-37-44(32-34-54(50)62)43-31-33-53-49(36-43)47-23-10-12-25-51(47)61(53)46-21-8-3-9-22-46/h1-37,55,57,59H,(H,58,60). The van der Waals surface area contributed by atoms with Crippen LogP contribution in [-0.2, 0) is 0 Å². The van der Waals surface area contributed by atoms with E-state index in [2.05, 4.69) is 244 Å². The van der Waals surface area contributed by atoms with Crippen molar-refractivity contribution in [3.05, 3.63) is 236 Å². The van der Waals surface area contributed by atoms with Crippen LogP contribution in [-0.4, -0.2) is 15.0 Å². The maximum atomic E-state index is 5.49. The third-order valence-corrected chi connectivity index (χ3v) is 12.4. The first-order valence-corrected chi connectivity index (χ1v) is 21.3. The van der Waals surface area contributed by atoms with E-state index >= 15 is 0 Å². The smallest absolute Gasteiger partial charge is 0.184 e. The fourth-order valence-electron chi connectivity index (χ4n) is 9.43.